The van der Waals surface area contributed by atoms with Crippen molar-refractivity contribution in [3.8, 4) is 0 Å². The lowest BCUT2D eigenvalue weighted by Crippen LogP contribution is -2.12. The van der Waals surface area contributed by atoms with Gasteiger partial charge in [-0.05, 0) is 0 Å². The minimum Gasteiger partial charge on any atom is -0.424 e. The Hall–Kier alpha value is -1.07. The number of rotatable bonds is 1. The lowest BCUT2D eigenvalue weighted by Gasteiger charge is -2.06. The fraction of sp³-hybridized carbons (Fsp3) is 0.250. The van der Waals surface area contributed by atoms with Gasteiger partial charge in [-0.2, -0.15) is 0 Å². The zero-order chi connectivity index (χ0) is 7.61. The van der Waals surface area contributed by atoms with Gasteiger partial charge in [-0.15, -0.1) is 13.2 Å². The van der Waals surface area contributed by atoms with E-state index in [9.17, 15) is 13.2 Å². The van der Waals surface area contributed by atoms with Crippen LogP contribution in [0.15, 0.2) is 12.1 Å². The van der Waals surface area contributed by atoms with Crippen molar-refractivity contribution in [3.05, 3.63) is 18.9 Å². The minimum absolute atomic E-state index is 0.660. The Morgan fingerprint density at radius 2 is 2.30 bits per heavy atom. The van der Waals surface area contributed by atoms with E-state index in [1.165, 1.54) is 0 Å². The zero-order valence-corrected chi connectivity index (χ0v) is 4.53. The maximum absolute atomic E-state index is 11.3. The Morgan fingerprint density at radius 1 is 1.60 bits per heavy atom. The van der Waals surface area contributed by atoms with E-state index in [0.29, 0.717) is 0 Å². The molecular formula is C4H2F3NO2. The summed E-state index contributed by atoms with van der Waals surface area (Å²) in [5, 5.41) is 2.14. The first-order valence-electron chi connectivity index (χ1n) is 2.21. The molecule has 0 spiro atoms. The number of nitrogens with one attached hydrogen (secondary N) is 1. The van der Waals surface area contributed by atoms with Crippen molar-refractivity contribution in [2.45, 2.75) is 6.36 Å². The summed E-state index contributed by atoms with van der Waals surface area (Å²) in [6, 6.07) is 0. The molecule has 1 rings (SSSR count). The number of halogens is 3. The Morgan fingerprint density at radius 3 is 2.70 bits per heavy atom. The molecule has 0 aromatic carbocycles. The monoisotopic (exact) mass is 153 g/mol. The van der Waals surface area contributed by atoms with Crippen molar-refractivity contribution >= 4 is 0 Å². The molecule has 0 amide bonds. The van der Waals surface area contributed by atoms with Crippen LogP contribution in [0, 0.1) is 6.73 Å². The third kappa shape index (κ3) is 2.04. The number of alkyl halides is 3. The van der Waals surface area contributed by atoms with Crippen molar-refractivity contribution in [2.24, 2.45) is 0 Å². The van der Waals surface area contributed by atoms with E-state index in [1.807, 2.05) is 6.73 Å². The number of ether oxygens (including phenoxy) is 2. The second kappa shape index (κ2) is 2.28. The quantitative estimate of drug-likeness (QED) is 0.608. The second-order valence-corrected chi connectivity index (χ2v) is 1.36. The summed E-state index contributed by atoms with van der Waals surface area (Å²) in [5.41, 5.74) is 0. The van der Waals surface area contributed by atoms with Crippen LogP contribution in [0.25, 0.3) is 0 Å². The first-order valence-corrected chi connectivity index (χ1v) is 2.21. The molecule has 6 heteroatoms. The van der Waals surface area contributed by atoms with E-state index < -0.39 is 12.3 Å². The third-order valence-corrected chi connectivity index (χ3v) is 0.617. The normalized spacial score (nSPS) is 17.3. The Bertz CT molecular complexity index is 153. The van der Waals surface area contributed by atoms with Gasteiger partial charge < -0.3 is 14.8 Å². The first kappa shape index (κ1) is 7.04. The van der Waals surface area contributed by atoms with Gasteiger partial charge in [0.15, 0.2) is 0 Å². The van der Waals surface area contributed by atoms with Crippen molar-refractivity contribution in [3.63, 3.8) is 0 Å². The first-order chi connectivity index (χ1) is 4.58. The summed E-state index contributed by atoms with van der Waals surface area (Å²) >= 11 is 0. The van der Waals surface area contributed by atoms with Crippen LogP contribution in [0.5, 0.6) is 0 Å². The summed E-state index contributed by atoms with van der Waals surface area (Å²) in [6.07, 6.45) is -3.81. The fourth-order valence-electron chi connectivity index (χ4n) is 0.362. The molecule has 0 aromatic rings. The van der Waals surface area contributed by atoms with Gasteiger partial charge in [0.25, 0.3) is 0 Å². The summed E-state index contributed by atoms with van der Waals surface area (Å²) < 4.78 is 41.3. The van der Waals surface area contributed by atoms with Crippen molar-refractivity contribution in [1.82, 2.24) is 5.32 Å². The highest BCUT2D eigenvalue weighted by molar-refractivity contribution is 4.90. The van der Waals surface area contributed by atoms with E-state index in [4.69, 9.17) is 0 Å². The predicted octanol–water partition coefficient (Wildman–Crippen LogP) is 0.938. The molecule has 1 N–H and O–H groups in total. The molecular weight excluding hydrogens is 151 g/mol. The predicted molar refractivity (Wildman–Crippen MR) is 22.7 cm³/mol. The van der Waals surface area contributed by atoms with E-state index in [1.54, 1.807) is 0 Å². The lowest BCUT2D eigenvalue weighted by molar-refractivity contribution is -0.319. The molecule has 0 aliphatic carbocycles. The van der Waals surface area contributed by atoms with E-state index in [0.717, 1.165) is 6.20 Å². The standard InChI is InChI=1S/C4H2F3NO2/c5-4(6,7)10-3-1-8-2-9-3/h1,8H. The van der Waals surface area contributed by atoms with Gasteiger partial charge in [-0.3, -0.25) is 0 Å². The van der Waals surface area contributed by atoms with Crippen molar-refractivity contribution in [1.29, 1.82) is 0 Å². The molecule has 0 unspecified atom stereocenters. The minimum atomic E-state index is -4.71. The average molecular weight is 153 g/mol. The fourth-order valence-corrected chi connectivity index (χ4v) is 0.362. The van der Waals surface area contributed by atoms with Gasteiger partial charge in [-0.25, -0.2) is 0 Å². The molecule has 1 heterocycles. The average Bonchev–Trinajstić information content (AvgIpc) is 2.12. The highest BCUT2D eigenvalue weighted by Crippen LogP contribution is 2.22. The SMILES string of the molecule is FC(F)(F)OC1=CN[C]O1. The van der Waals surface area contributed by atoms with Crippen molar-refractivity contribution < 1.29 is 22.6 Å². The molecule has 56 valence electrons. The number of hydrogen-bond acceptors (Lipinski definition) is 3. The van der Waals surface area contributed by atoms with Gasteiger partial charge in [0.2, 0.25) is 0 Å². The van der Waals surface area contributed by atoms with E-state index in [2.05, 4.69) is 14.8 Å². The largest absolute Gasteiger partial charge is 0.575 e. The van der Waals surface area contributed by atoms with Gasteiger partial charge in [0.05, 0.1) is 6.20 Å². The maximum Gasteiger partial charge on any atom is 0.575 e. The van der Waals surface area contributed by atoms with Crippen LogP contribution in [0.4, 0.5) is 13.2 Å². The molecule has 0 aromatic heterocycles. The molecule has 0 atom stereocenters. The van der Waals surface area contributed by atoms with Crippen LogP contribution < -0.4 is 5.32 Å². The Labute approximate surface area is 54.4 Å². The van der Waals surface area contributed by atoms with Crippen LogP contribution in [-0.2, 0) is 9.47 Å². The zero-order valence-electron chi connectivity index (χ0n) is 4.53. The van der Waals surface area contributed by atoms with Gasteiger partial charge in [0.1, 0.15) is 0 Å². The topological polar surface area (TPSA) is 30.5 Å². The van der Waals surface area contributed by atoms with Crippen LogP contribution >= 0.6 is 0 Å². The second-order valence-electron chi connectivity index (χ2n) is 1.36. The smallest absolute Gasteiger partial charge is 0.424 e. The summed E-state index contributed by atoms with van der Waals surface area (Å²) in [5.74, 6) is -0.660. The van der Waals surface area contributed by atoms with Crippen LogP contribution in [0.3, 0.4) is 0 Å². The van der Waals surface area contributed by atoms with Crippen LogP contribution in [0.2, 0.25) is 0 Å². The molecule has 1 aliphatic rings. The number of hydrogen-bond donors (Lipinski definition) is 1. The van der Waals surface area contributed by atoms with Crippen LogP contribution in [0.1, 0.15) is 0 Å². The molecule has 0 fully saturated rings. The molecule has 2 radical (unpaired) electrons. The van der Waals surface area contributed by atoms with Crippen molar-refractivity contribution in [2.75, 3.05) is 0 Å². The van der Waals surface area contributed by atoms with Gasteiger partial charge >= 0.3 is 19.0 Å². The maximum atomic E-state index is 11.3. The highest BCUT2D eigenvalue weighted by atomic mass is 19.4. The molecule has 0 saturated heterocycles. The summed E-state index contributed by atoms with van der Waals surface area (Å²) in [6.45, 7) is 1.93. The molecule has 10 heavy (non-hydrogen) atoms. The third-order valence-electron chi connectivity index (χ3n) is 0.617. The Kier molecular flexibility index (Phi) is 1.60. The molecule has 0 bridgehead atoms. The highest BCUT2D eigenvalue weighted by Gasteiger charge is 2.34. The molecule has 3 nitrogen and oxygen atoms in total. The Balaban J connectivity index is 2.38. The summed E-state index contributed by atoms with van der Waals surface area (Å²) in [4.78, 5) is 0. The van der Waals surface area contributed by atoms with E-state index >= 15 is 0 Å². The lowest BCUT2D eigenvalue weighted by atomic mass is 10.9. The molecule has 1 aliphatic heterocycles. The van der Waals surface area contributed by atoms with Gasteiger partial charge in [0, 0.05) is 0 Å². The molecule has 0 saturated carbocycles. The van der Waals surface area contributed by atoms with E-state index in [-0.39, 0.29) is 0 Å². The summed E-state index contributed by atoms with van der Waals surface area (Å²) in [7, 11) is 0. The van der Waals surface area contributed by atoms with Gasteiger partial charge in [-0.1, -0.05) is 0 Å². The van der Waals surface area contributed by atoms with Crippen LogP contribution in [-0.4, -0.2) is 6.36 Å².